The molecule has 0 aromatic rings. The van der Waals surface area contributed by atoms with E-state index in [4.69, 9.17) is 0 Å². The molecule has 0 saturated heterocycles. The summed E-state index contributed by atoms with van der Waals surface area (Å²) in [6.07, 6.45) is 2.96. The Morgan fingerprint density at radius 2 is 2.22 bits per heavy atom. The fourth-order valence-electron chi connectivity index (χ4n) is 0.249. The fourth-order valence-corrected chi connectivity index (χ4v) is 0.328. The van der Waals surface area contributed by atoms with E-state index < -0.39 is 0 Å². The zero-order valence-corrected chi connectivity index (χ0v) is 6.65. The quantitative estimate of drug-likeness (QED) is 0.418. The first-order valence-electron chi connectivity index (χ1n) is 2.42. The molecule has 0 aromatic carbocycles. The number of carbonyl (C=O) groups excluding carboxylic acids is 1. The maximum Gasteiger partial charge on any atom is 0.334 e. The van der Waals surface area contributed by atoms with Crippen molar-refractivity contribution in [2.24, 2.45) is 0 Å². The van der Waals surface area contributed by atoms with Crippen LogP contribution in [0.2, 0.25) is 0 Å². The molecular formula is C5H10NO2P. The van der Waals surface area contributed by atoms with E-state index in [0.29, 0.717) is 0 Å². The van der Waals surface area contributed by atoms with Crippen molar-refractivity contribution in [3.63, 3.8) is 0 Å². The highest BCUT2D eigenvalue weighted by molar-refractivity contribution is 7.10. The summed E-state index contributed by atoms with van der Waals surface area (Å²) in [5.41, 5.74) is 0. The smallest absolute Gasteiger partial charge is 0.334 e. The maximum atomic E-state index is 10.4. The van der Waals surface area contributed by atoms with Crippen molar-refractivity contribution in [3.05, 3.63) is 12.3 Å². The van der Waals surface area contributed by atoms with Crippen molar-refractivity contribution in [3.8, 4) is 0 Å². The number of nitrogens with zero attached hydrogens (tertiary/aromatic N) is 1. The molecule has 0 heterocycles. The van der Waals surface area contributed by atoms with Crippen molar-refractivity contribution in [1.82, 2.24) is 4.90 Å². The molecule has 52 valence electrons. The van der Waals surface area contributed by atoms with Crippen molar-refractivity contribution in [1.29, 1.82) is 0 Å². The number of carbonyl (C=O) groups is 1. The summed E-state index contributed by atoms with van der Waals surface area (Å²) in [7, 11) is 5.53. The van der Waals surface area contributed by atoms with Gasteiger partial charge in [-0.25, -0.2) is 4.79 Å². The number of rotatable bonds is 2. The van der Waals surface area contributed by atoms with Crippen LogP contribution in [0.1, 0.15) is 0 Å². The third-order valence-corrected chi connectivity index (χ3v) is 0.857. The Morgan fingerprint density at radius 3 is 2.56 bits per heavy atom. The van der Waals surface area contributed by atoms with Crippen LogP contribution < -0.4 is 0 Å². The first-order chi connectivity index (χ1) is 4.16. The number of hydrogen-bond donors (Lipinski definition) is 0. The maximum absolute atomic E-state index is 10.4. The largest absolute Gasteiger partial charge is 0.448 e. The Balaban J connectivity index is 3.57. The Morgan fingerprint density at radius 1 is 1.67 bits per heavy atom. The molecule has 0 bridgehead atoms. The molecule has 0 amide bonds. The lowest BCUT2D eigenvalue weighted by molar-refractivity contribution is -0.127. The summed E-state index contributed by atoms with van der Waals surface area (Å²) in [6, 6.07) is 0. The topological polar surface area (TPSA) is 29.5 Å². The van der Waals surface area contributed by atoms with Gasteiger partial charge in [-0.15, -0.1) is 0 Å². The van der Waals surface area contributed by atoms with Crippen molar-refractivity contribution in [2.75, 3.05) is 14.1 Å². The van der Waals surface area contributed by atoms with Gasteiger partial charge in [0.15, 0.2) is 0 Å². The van der Waals surface area contributed by atoms with Gasteiger partial charge in [0, 0.05) is 26.4 Å². The molecule has 0 aliphatic heterocycles. The molecule has 0 spiro atoms. The molecule has 0 rings (SSSR count). The van der Waals surface area contributed by atoms with Gasteiger partial charge in [-0.1, -0.05) is 0 Å². The Bertz CT molecular complexity index is 122. The summed E-state index contributed by atoms with van der Waals surface area (Å²) >= 11 is 0. The van der Waals surface area contributed by atoms with Gasteiger partial charge in [0.25, 0.3) is 0 Å². The molecular weight excluding hydrogens is 137 g/mol. The fraction of sp³-hybridized carbons (Fsp3) is 0.400. The zero-order chi connectivity index (χ0) is 7.28. The molecule has 9 heavy (non-hydrogen) atoms. The van der Waals surface area contributed by atoms with E-state index in [0.717, 1.165) is 0 Å². The van der Waals surface area contributed by atoms with E-state index in [1.165, 1.54) is 6.08 Å². The molecule has 0 saturated carbocycles. The average Bonchev–Trinajstić information content (AvgIpc) is 1.83. The van der Waals surface area contributed by atoms with Crippen LogP contribution in [0.25, 0.3) is 0 Å². The number of hydrogen-bond acceptors (Lipinski definition) is 3. The van der Waals surface area contributed by atoms with Gasteiger partial charge in [-0.05, 0) is 0 Å². The van der Waals surface area contributed by atoms with Gasteiger partial charge in [-0.3, -0.25) is 0 Å². The van der Waals surface area contributed by atoms with Crippen molar-refractivity contribution >= 4 is 15.4 Å². The lowest BCUT2D eigenvalue weighted by Gasteiger charge is -2.01. The van der Waals surface area contributed by atoms with Gasteiger partial charge in [0.05, 0.1) is 9.47 Å². The second kappa shape index (κ2) is 4.33. The minimum Gasteiger partial charge on any atom is -0.448 e. The predicted molar refractivity (Wildman–Crippen MR) is 38.6 cm³/mol. The van der Waals surface area contributed by atoms with Crippen LogP contribution in [-0.2, 0) is 9.32 Å². The lowest BCUT2D eigenvalue weighted by atomic mass is 10.6. The second-order valence-corrected chi connectivity index (χ2v) is 1.95. The Hall–Kier alpha value is -0.560. The highest BCUT2D eigenvalue weighted by Gasteiger charge is 1.88. The summed E-state index contributed by atoms with van der Waals surface area (Å²) in [4.78, 5) is 12.1. The van der Waals surface area contributed by atoms with E-state index in [1.54, 1.807) is 11.1 Å². The van der Waals surface area contributed by atoms with E-state index in [9.17, 15) is 4.79 Å². The summed E-state index contributed by atoms with van der Waals surface area (Å²) in [6.45, 7) is 0. The molecule has 0 radical (unpaired) electrons. The highest BCUT2D eigenvalue weighted by atomic mass is 31.0. The predicted octanol–water partition coefficient (Wildman–Crippen LogP) is 0.395. The van der Waals surface area contributed by atoms with Gasteiger partial charge >= 0.3 is 5.97 Å². The molecule has 3 nitrogen and oxygen atoms in total. The summed E-state index contributed by atoms with van der Waals surface area (Å²) in [5.74, 6) is -0.367. The van der Waals surface area contributed by atoms with Crippen molar-refractivity contribution < 1.29 is 9.32 Å². The van der Waals surface area contributed by atoms with Crippen LogP contribution in [0.15, 0.2) is 12.3 Å². The third kappa shape index (κ3) is 5.31. The molecule has 0 aliphatic carbocycles. The summed E-state index contributed by atoms with van der Waals surface area (Å²) in [5, 5.41) is 0. The minimum atomic E-state index is -0.367. The molecule has 1 atom stereocenters. The zero-order valence-electron chi connectivity index (χ0n) is 5.50. The molecule has 0 N–H and O–H groups in total. The highest BCUT2D eigenvalue weighted by Crippen LogP contribution is 1.88. The van der Waals surface area contributed by atoms with E-state index in [-0.39, 0.29) is 5.97 Å². The second-order valence-electron chi connectivity index (χ2n) is 1.72. The van der Waals surface area contributed by atoms with Gasteiger partial charge in [0.2, 0.25) is 0 Å². The van der Waals surface area contributed by atoms with E-state index in [1.807, 2.05) is 23.6 Å². The molecule has 1 unspecified atom stereocenters. The van der Waals surface area contributed by atoms with Crippen LogP contribution in [0.3, 0.4) is 0 Å². The van der Waals surface area contributed by atoms with Gasteiger partial charge < -0.3 is 9.42 Å². The first-order valence-corrected chi connectivity index (χ1v) is 2.89. The third-order valence-electron chi connectivity index (χ3n) is 0.625. The van der Waals surface area contributed by atoms with Crippen LogP contribution in [-0.4, -0.2) is 25.0 Å². The SMILES string of the molecule is CN(C)/C=C/C(=O)OP. The van der Waals surface area contributed by atoms with E-state index >= 15 is 0 Å². The monoisotopic (exact) mass is 147 g/mol. The molecule has 0 fully saturated rings. The van der Waals surface area contributed by atoms with Crippen LogP contribution >= 0.6 is 9.47 Å². The first kappa shape index (κ1) is 8.44. The van der Waals surface area contributed by atoms with Crippen LogP contribution in [0, 0.1) is 0 Å². The minimum absolute atomic E-state index is 0.367. The molecule has 0 aromatic heterocycles. The molecule has 4 heteroatoms. The Kier molecular flexibility index (Phi) is 4.06. The average molecular weight is 147 g/mol. The van der Waals surface area contributed by atoms with Crippen LogP contribution in [0.5, 0.6) is 0 Å². The van der Waals surface area contributed by atoms with Gasteiger partial charge in [0.1, 0.15) is 0 Å². The lowest BCUT2D eigenvalue weighted by Crippen LogP contribution is -2.02. The van der Waals surface area contributed by atoms with E-state index in [2.05, 4.69) is 4.52 Å². The summed E-state index contributed by atoms with van der Waals surface area (Å²) < 4.78 is 4.26. The normalized spacial score (nSPS) is 9.67. The van der Waals surface area contributed by atoms with Crippen molar-refractivity contribution in [2.45, 2.75) is 0 Å². The standard InChI is InChI=1S/C5H10NO2P/c1-6(2)4-3-5(7)8-9/h3-4H,9H2,1-2H3/b4-3+. The van der Waals surface area contributed by atoms with Gasteiger partial charge in [-0.2, -0.15) is 0 Å². The molecule has 0 aliphatic rings. The van der Waals surface area contributed by atoms with Crippen LogP contribution in [0.4, 0.5) is 0 Å². The Labute approximate surface area is 57.0 Å².